The predicted molar refractivity (Wildman–Crippen MR) is 88.8 cm³/mol. The molecule has 5 nitrogen and oxygen atoms in total. The Morgan fingerprint density at radius 2 is 1.46 bits per heavy atom. The number of rotatable bonds is 6. The van der Waals surface area contributed by atoms with Gasteiger partial charge in [0.1, 0.15) is 17.3 Å². The first kappa shape index (κ1) is 17.4. The number of halogens is 2. The third-order valence-electron chi connectivity index (χ3n) is 3.11. The van der Waals surface area contributed by atoms with Crippen LogP contribution in [0.15, 0.2) is 42.5 Å². The van der Waals surface area contributed by atoms with Gasteiger partial charge in [0.15, 0.2) is 0 Å². The molecule has 0 heterocycles. The summed E-state index contributed by atoms with van der Waals surface area (Å²) in [5, 5.41) is 7.84. The summed E-state index contributed by atoms with van der Waals surface area (Å²) in [5.74, 6) is -1.89. The van der Waals surface area contributed by atoms with Crippen LogP contribution in [0.25, 0.3) is 0 Å². The third-order valence-corrected chi connectivity index (χ3v) is 3.11. The molecule has 2 aromatic rings. The minimum Gasteiger partial charge on any atom is -0.380 e. The summed E-state index contributed by atoms with van der Waals surface area (Å²) in [5.41, 5.74) is 0.938. The van der Waals surface area contributed by atoms with Crippen LogP contribution in [-0.2, 0) is 9.59 Å². The topological polar surface area (TPSA) is 70.2 Å². The molecule has 0 radical (unpaired) electrons. The van der Waals surface area contributed by atoms with Crippen LogP contribution in [0.4, 0.5) is 25.8 Å². The van der Waals surface area contributed by atoms with E-state index in [9.17, 15) is 18.4 Å². The van der Waals surface area contributed by atoms with E-state index in [0.717, 1.165) is 12.1 Å². The Labute approximate surface area is 138 Å². The van der Waals surface area contributed by atoms with Gasteiger partial charge in [-0.05, 0) is 36.4 Å². The molecule has 0 aliphatic rings. The lowest BCUT2D eigenvalue weighted by Gasteiger charge is -2.09. The molecule has 0 spiro atoms. The van der Waals surface area contributed by atoms with E-state index in [2.05, 4.69) is 16.0 Å². The number of amides is 2. The number of para-hydroxylation sites is 1. The molecule has 0 atom stereocenters. The largest absolute Gasteiger partial charge is 0.380 e. The average molecular weight is 333 g/mol. The molecule has 0 unspecified atom stereocenters. The fourth-order valence-corrected chi connectivity index (χ4v) is 2.03. The van der Waals surface area contributed by atoms with Crippen molar-refractivity contribution in [1.82, 2.24) is 0 Å². The average Bonchev–Trinajstić information content (AvgIpc) is 2.52. The second-order valence-electron chi connectivity index (χ2n) is 5.08. The van der Waals surface area contributed by atoms with Crippen molar-refractivity contribution in [3.8, 4) is 0 Å². The minimum atomic E-state index is -0.705. The first-order chi connectivity index (χ1) is 11.5. The van der Waals surface area contributed by atoms with E-state index in [1.165, 1.54) is 13.0 Å². The standard InChI is InChI=1S/C17H17F2N3O2/c1-11(23)21-12-5-7-13(8-6-12)22-16(24)9-10-20-17-14(18)3-2-4-15(17)19/h2-8,20H,9-10H2,1H3,(H,21,23)(H,22,24). The highest BCUT2D eigenvalue weighted by atomic mass is 19.1. The van der Waals surface area contributed by atoms with Crippen LogP contribution in [-0.4, -0.2) is 18.4 Å². The number of nitrogens with one attached hydrogen (secondary N) is 3. The monoisotopic (exact) mass is 333 g/mol. The highest BCUT2D eigenvalue weighted by Gasteiger charge is 2.08. The smallest absolute Gasteiger partial charge is 0.226 e. The number of hydrogen-bond acceptors (Lipinski definition) is 3. The molecule has 2 amide bonds. The van der Waals surface area contributed by atoms with Crippen molar-refractivity contribution in [3.63, 3.8) is 0 Å². The van der Waals surface area contributed by atoms with Crippen molar-refractivity contribution in [2.24, 2.45) is 0 Å². The summed E-state index contributed by atoms with van der Waals surface area (Å²) >= 11 is 0. The summed E-state index contributed by atoms with van der Waals surface area (Å²) in [7, 11) is 0. The molecule has 0 aliphatic heterocycles. The van der Waals surface area contributed by atoms with Crippen LogP contribution in [0.2, 0.25) is 0 Å². The highest BCUT2D eigenvalue weighted by Crippen LogP contribution is 2.18. The van der Waals surface area contributed by atoms with E-state index in [1.54, 1.807) is 24.3 Å². The Morgan fingerprint density at radius 1 is 0.917 bits per heavy atom. The molecular weight excluding hydrogens is 316 g/mol. The minimum absolute atomic E-state index is 0.0429. The lowest BCUT2D eigenvalue weighted by atomic mass is 10.2. The number of benzene rings is 2. The summed E-state index contributed by atoms with van der Waals surface area (Å²) in [6.07, 6.45) is 0.0429. The van der Waals surface area contributed by atoms with Gasteiger partial charge in [0.25, 0.3) is 0 Å². The number of carbonyl (C=O) groups is 2. The molecule has 0 fully saturated rings. The van der Waals surface area contributed by atoms with Gasteiger partial charge in [-0.1, -0.05) is 6.07 Å². The van der Waals surface area contributed by atoms with Crippen molar-refractivity contribution in [2.75, 3.05) is 22.5 Å². The second-order valence-corrected chi connectivity index (χ2v) is 5.08. The van der Waals surface area contributed by atoms with E-state index >= 15 is 0 Å². The molecule has 3 N–H and O–H groups in total. The second kappa shape index (κ2) is 8.05. The Bertz CT molecular complexity index is 713. The zero-order valence-corrected chi connectivity index (χ0v) is 13.0. The predicted octanol–water partition coefficient (Wildman–Crippen LogP) is 3.36. The third kappa shape index (κ3) is 5.05. The van der Waals surface area contributed by atoms with Crippen molar-refractivity contribution in [3.05, 3.63) is 54.1 Å². The van der Waals surface area contributed by atoms with Crippen molar-refractivity contribution in [2.45, 2.75) is 13.3 Å². The van der Waals surface area contributed by atoms with Gasteiger partial charge < -0.3 is 16.0 Å². The molecule has 0 saturated carbocycles. The normalized spacial score (nSPS) is 10.1. The fraction of sp³-hybridized carbons (Fsp3) is 0.176. The van der Waals surface area contributed by atoms with Gasteiger partial charge >= 0.3 is 0 Å². The molecule has 0 aromatic heterocycles. The quantitative estimate of drug-likeness (QED) is 0.759. The van der Waals surface area contributed by atoms with Gasteiger partial charge in [0, 0.05) is 31.3 Å². The van der Waals surface area contributed by atoms with Crippen LogP contribution in [0.3, 0.4) is 0 Å². The van der Waals surface area contributed by atoms with E-state index in [0.29, 0.717) is 11.4 Å². The van der Waals surface area contributed by atoms with E-state index in [1.807, 2.05) is 0 Å². The Hall–Kier alpha value is -2.96. The number of anilines is 3. The lowest BCUT2D eigenvalue weighted by molar-refractivity contribution is -0.116. The Morgan fingerprint density at radius 3 is 2.00 bits per heavy atom. The zero-order valence-electron chi connectivity index (χ0n) is 13.0. The van der Waals surface area contributed by atoms with Gasteiger partial charge in [0.2, 0.25) is 11.8 Å². The van der Waals surface area contributed by atoms with Crippen LogP contribution >= 0.6 is 0 Å². The number of carbonyl (C=O) groups excluding carboxylic acids is 2. The van der Waals surface area contributed by atoms with Crippen LogP contribution in [0.1, 0.15) is 13.3 Å². The highest BCUT2D eigenvalue weighted by molar-refractivity contribution is 5.92. The van der Waals surface area contributed by atoms with E-state index in [-0.39, 0.29) is 30.5 Å². The first-order valence-electron chi connectivity index (χ1n) is 7.31. The van der Waals surface area contributed by atoms with Crippen molar-refractivity contribution in [1.29, 1.82) is 0 Å². The molecule has 126 valence electrons. The molecule has 0 bridgehead atoms. The molecule has 0 saturated heterocycles. The SMILES string of the molecule is CC(=O)Nc1ccc(NC(=O)CCNc2c(F)cccc2F)cc1. The first-order valence-corrected chi connectivity index (χ1v) is 7.31. The van der Waals surface area contributed by atoms with Gasteiger partial charge in [-0.25, -0.2) is 8.78 Å². The lowest BCUT2D eigenvalue weighted by Crippen LogP contribution is -2.17. The molecule has 7 heteroatoms. The molecule has 0 aliphatic carbocycles. The molecule has 2 rings (SSSR count). The van der Waals surface area contributed by atoms with Gasteiger partial charge in [-0.2, -0.15) is 0 Å². The van der Waals surface area contributed by atoms with Gasteiger partial charge in [0.05, 0.1) is 0 Å². The summed E-state index contributed by atoms with van der Waals surface area (Å²) < 4.78 is 26.8. The maximum atomic E-state index is 13.4. The van der Waals surface area contributed by atoms with Crippen LogP contribution in [0, 0.1) is 11.6 Å². The van der Waals surface area contributed by atoms with Crippen LogP contribution < -0.4 is 16.0 Å². The number of hydrogen-bond donors (Lipinski definition) is 3. The molecule has 2 aromatic carbocycles. The maximum absolute atomic E-state index is 13.4. The zero-order chi connectivity index (χ0) is 17.5. The fourth-order valence-electron chi connectivity index (χ4n) is 2.03. The van der Waals surface area contributed by atoms with Gasteiger partial charge in [-0.3, -0.25) is 9.59 Å². The summed E-state index contributed by atoms with van der Waals surface area (Å²) in [4.78, 5) is 22.7. The molecule has 24 heavy (non-hydrogen) atoms. The Balaban J connectivity index is 1.82. The van der Waals surface area contributed by atoms with Crippen molar-refractivity contribution >= 4 is 28.9 Å². The van der Waals surface area contributed by atoms with E-state index < -0.39 is 11.6 Å². The molecular formula is C17H17F2N3O2. The maximum Gasteiger partial charge on any atom is 0.226 e. The van der Waals surface area contributed by atoms with Gasteiger partial charge in [-0.15, -0.1) is 0 Å². The van der Waals surface area contributed by atoms with Crippen molar-refractivity contribution < 1.29 is 18.4 Å². The summed E-state index contributed by atoms with van der Waals surface area (Å²) in [6, 6.07) is 10.2. The Kier molecular flexibility index (Phi) is 5.83. The van der Waals surface area contributed by atoms with E-state index in [4.69, 9.17) is 0 Å². The summed E-state index contributed by atoms with van der Waals surface area (Å²) in [6.45, 7) is 1.49. The van der Waals surface area contributed by atoms with Crippen LogP contribution in [0.5, 0.6) is 0 Å².